The number of benzene rings is 1. The second-order valence-electron chi connectivity index (χ2n) is 4.67. The summed E-state index contributed by atoms with van der Waals surface area (Å²) in [4.78, 5) is 13.3. The van der Waals surface area contributed by atoms with Crippen LogP contribution in [0.4, 0.5) is 5.69 Å². The van der Waals surface area contributed by atoms with E-state index >= 15 is 0 Å². The maximum absolute atomic E-state index is 11.4. The number of methoxy groups -OCH3 is 1. The van der Waals surface area contributed by atoms with Crippen LogP contribution in [0.15, 0.2) is 18.2 Å². The minimum atomic E-state index is -0.750. The van der Waals surface area contributed by atoms with E-state index in [-0.39, 0.29) is 0 Å². The molecule has 1 aromatic rings. The van der Waals surface area contributed by atoms with Crippen molar-refractivity contribution in [2.75, 3.05) is 18.6 Å². The molecule has 1 aromatic carbocycles. The van der Waals surface area contributed by atoms with Crippen LogP contribution in [-0.4, -0.2) is 30.8 Å². The minimum Gasteiger partial charge on any atom is -0.495 e. The van der Waals surface area contributed by atoms with Crippen molar-refractivity contribution < 1.29 is 14.6 Å². The largest absolute Gasteiger partial charge is 0.495 e. The Kier molecular flexibility index (Phi) is 3.75. The number of aliphatic carboxylic acids is 1. The minimum absolute atomic E-state index is 0.436. The van der Waals surface area contributed by atoms with E-state index in [1.54, 1.807) is 7.11 Å². The molecule has 0 aromatic heterocycles. The summed E-state index contributed by atoms with van der Waals surface area (Å²) in [5.74, 6) is 0.00292. The van der Waals surface area contributed by atoms with Crippen LogP contribution in [0, 0.1) is 6.92 Å². The highest BCUT2D eigenvalue weighted by molar-refractivity contribution is 5.80. The third-order valence-corrected chi connectivity index (χ3v) is 3.50. The highest BCUT2D eigenvalue weighted by atomic mass is 16.5. The van der Waals surface area contributed by atoms with Crippen molar-refractivity contribution in [1.29, 1.82) is 0 Å². The summed E-state index contributed by atoms with van der Waals surface area (Å²) < 4.78 is 5.37. The smallest absolute Gasteiger partial charge is 0.326 e. The van der Waals surface area contributed by atoms with Crippen molar-refractivity contribution in [3.8, 4) is 5.75 Å². The van der Waals surface area contributed by atoms with Crippen LogP contribution in [0.2, 0.25) is 0 Å². The molecule has 0 bridgehead atoms. The first-order valence-electron chi connectivity index (χ1n) is 6.28. The molecule has 1 aliphatic rings. The number of carboxylic acid groups (broad SMARTS) is 1. The van der Waals surface area contributed by atoms with Gasteiger partial charge in [0.15, 0.2) is 0 Å². The van der Waals surface area contributed by atoms with E-state index in [9.17, 15) is 9.90 Å². The quantitative estimate of drug-likeness (QED) is 0.894. The Bertz CT molecular complexity index is 445. The standard InChI is InChI=1S/C14H19NO3/c1-10-6-5-8-12(18-2)13(10)15-9-4-3-7-11(15)14(16)17/h5-6,8,11H,3-4,7,9H2,1-2H3,(H,16,17). The molecule has 0 aliphatic carbocycles. The van der Waals surface area contributed by atoms with Crippen molar-refractivity contribution >= 4 is 11.7 Å². The molecule has 1 atom stereocenters. The van der Waals surface area contributed by atoms with Crippen LogP contribution in [0.1, 0.15) is 24.8 Å². The van der Waals surface area contributed by atoms with Gasteiger partial charge in [0, 0.05) is 6.54 Å². The Morgan fingerprint density at radius 1 is 1.44 bits per heavy atom. The van der Waals surface area contributed by atoms with E-state index in [0.717, 1.165) is 36.4 Å². The molecule has 0 saturated carbocycles. The zero-order valence-corrected chi connectivity index (χ0v) is 10.8. The third-order valence-electron chi connectivity index (χ3n) is 3.50. The van der Waals surface area contributed by atoms with Crippen LogP contribution in [0.5, 0.6) is 5.75 Å². The first kappa shape index (κ1) is 12.7. The zero-order chi connectivity index (χ0) is 13.1. The lowest BCUT2D eigenvalue weighted by molar-refractivity contribution is -0.139. The van der Waals surface area contributed by atoms with Crippen LogP contribution in [0.25, 0.3) is 0 Å². The molecular weight excluding hydrogens is 230 g/mol. The first-order chi connectivity index (χ1) is 8.65. The van der Waals surface area contributed by atoms with Crippen molar-refractivity contribution in [3.05, 3.63) is 23.8 Å². The second-order valence-corrected chi connectivity index (χ2v) is 4.67. The van der Waals surface area contributed by atoms with E-state index in [4.69, 9.17) is 4.74 Å². The highest BCUT2D eigenvalue weighted by Gasteiger charge is 2.30. The van der Waals surface area contributed by atoms with Gasteiger partial charge in [-0.05, 0) is 37.8 Å². The number of aryl methyl sites for hydroxylation is 1. The number of ether oxygens (including phenoxy) is 1. The molecule has 0 radical (unpaired) electrons. The predicted octanol–water partition coefficient (Wildman–Crippen LogP) is 2.45. The number of hydrogen-bond donors (Lipinski definition) is 1. The molecule has 0 amide bonds. The van der Waals surface area contributed by atoms with Gasteiger partial charge in [0.05, 0.1) is 12.8 Å². The van der Waals surface area contributed by atoms with E-state index in [1.807, 2.05) is 30.0 Å². The number of carboxylic acids is 1. The summed E-state index contributed by atoms with van der Waals surface area (Å²) in [5, 5.41) is 9.34. The number of hydrogen-bond acceptors (Lipinski definition) is 3. The average Bonchev–Trinajstić information content (AvgIpc) is 2.38. The Morgan fingerprint density at radius 2 is 2.22 bits per heavy atom. The lowest BCUT2D eigenvalue weighted by atomic mass is 9.99. The fourth-order valence-electron chi connectivity index (χ4n) is 2.62. The first-order valence-corrected chi connectivity index (χ1v) is 6.28. The Labute approximate surface area is 107 Å². The number of nitrogens with zero attached hydrogens (tertiary/aromatic N) is 1. The molecule has 4 nitrogen and oxygen atoms in total. The van der Waals surface area contributed by atoms with Gasteiger partial charge in [-0.2, -0.15) is 0 Å². The summed E-state index contributed by atoms with van der Waals surface area (Å²) in [6.45, 7) is 2.77. The van der Waals surface area contributed by atoms with Crippen LogP contribution < -0.4 is 9.64 Å². The normalized spacial score (nSPS) is 19.7. The van der Waals surface area contributed by atoms with Gasteiger partial charge in [0.2, 0.25) is 0 Å². The monoisotopic (exact) mass is 249 g/mol. The molecule has 1 heterocycles. The third kappa shape index (κ3) is 2.28. The second kappa shape index (κ2) is 5.29. The van der Waals surface area contributed by atoms with Crippen LogP contribution in [0.3, 0.4) is 0 Å². The van der Waals surface area contributed by atoms with Gasteiger partial charge < -0.3 is 14.7 Å². The van der Waals surface area contributed by atoms with E-state index in [1.165, 1.54) is 0 Å². The van der Waals surface area contributed by atoms with Crippen molar-refractivity contribution in [3.63, 3.8) is 0 Å². The number of para-hydroxylation sites is 1. The Balaban J connectivity index is 2.42. The molecule has 98 valence electrons. The van der Waals surface area contributed by atoms with Gasteiger partial charge in [0.1, 0.15) is 11.8 Å². The van der Waals surface area contributed by atoms with E-state index in [2.05, 4.69) is 0 Å². The van der Waals surface area contributed by atoms with E-state index in [0.29, 0.717) is 6.42 Å². The Hall–Kier alpha value is -1.71. The van der Waals surface area contributed by atoms with Crippen molar-refractivity contribution in [2.24, 2.45) is 0 Å². The number of anilines is 1. The molecular formula is C14H19NO3. The summed E-state index contributed by atoms with van der Waals surface area (Å²) in [7, 11) is 1.62. The number of carbonyl (C=O) groups is 1. The maximum Gasteiger partial charge on any atom is 0.326 e. The Morgan fingerprint density at radius 3 is 2.89 bits per heavy atom. The van der Waals surface area contributed by atoms with Gasteiger partial charge in [-0.1, -0.05) is 12.1 Å². The molecule has 2 rings (SSSR count). The lowest BCUT2D eigenvalue weighted by Crippen LogP contribution is -2.45. The zero-order valence-electron chi connectivity index (χ0n) is 10.8. The van der Waals surface area contributed by atoms with Gasteiger partial charge in [-0.3, -0.25) is 0 Å². The fourth-order valence-corrected chi connectivity index (χ4v) is 2.62. The molecule has 4 heteroatoms. The van der Waals surface area contributed by atoms with Crippen LogP contribution in [-0.2, 0) is 4.79 Å². The predicted molar refractivity (Wildman–Crippen MR) is 70.4 cm³/mol. The van der Waals surface area contributed by atoms with Crippen molar-refractivity contribution in [1.82, 2.24) is 0 Å². The molecule has 1 aliphatic heterocycles. The SMILES string of the molecule is COc1cccc(C)c1N1CCCCC1C(=O)O. The summed E-state index contributed by atoms with van der Waals surface area (Å²) in [6, 6.07) is 5.37. The van der Waals surface area contributed by atoms with Crippen molar-refractivity contribution in [2.45, 2.75) is 32.2 Å². The molecule has 1 fully saturated rings. The van der Waals surface area contributed by atoms with Gasteiger partial charge >= 0.3 is 5.97 Å². The topological polar surface area (TPSA) is 49.8 Å². The average molecular weight is 249 g/mol. The number of piperidine rings is 1. The molecule has 0 spiro atoms. The van der Waals surface area contributed by atoms with Gasteiger partial charge in [-0.25, -0.2) is 4.79 Å². The summed E-state index contributed by atoms with van der Waals surface area (Å²) in [6.07, 6.45) is 2.70. The van der Waals surface area contributed by atoms with Gasteiger partial charge in [-0.15, -0.1) is 0 Å². The highest BCUT2D eigenvalue weighted by Crippen LogP contribution is 2.35. The number of rotatable bonds is 3. The summed E-state index contributed by atoms with van der Waals surface area (Å²) >= 11 is 0. The molecule has 18 heavy (non-hydrogen) atoms. The lowest BCUT2D eigenvalue weighted by Gasteiger charge is -2.36. The maximum atomic E-state index is 11.4. The molecule has 1 unspecified atom stereocenters. The van der Waals surface area contributed by atoms with E-state index < -0.39 is 12.0 Å². The summed E-state index contributed by atoms with van der Waals surface area (Å²) in [5.41, 5.74) is 1.98. The molecule has 1 saturated heterocycles. The molecule has 1 N–H and O–H groups in total. The fraction of sp³-hybridized carbons (Fsp3) is 0.500. The van der Waals surface area contributed by atoms with Gasteiger partial charge in [0.25, 0.3) is 0 Å². The van der Waals surface area contributed by atoms with Crippen LogP contribution >= 0.6 is 0 Å².